The second kappa shape index (κ2) is 6.31. The van der Waals surface area contributed by atoms with Crippen LogP contribution < -0.4 is 10.6 Å². The Balaban J connectivity index is 2.27. The van der Waals surface area contributed by atoms with E-state index in [0.717, 1.165) is 19.4 Å². The maximum atomic E-state index is 11.1. The standard InChI is InChI=1S/C11H18N2O2/c1-3-5-6-9-7-10(8-12-9)13-11(14)15-4-2/h9-10,12H,3-4,7-8H2,1-2H3,(H,13,14)/t9?,10-/m0/s1. The zero-order valence-electron chi connectivity index (χ0n) is 9.30. The molecule has 1 aliphatic heterocycles. The Kier molecular flexibility index (Phi) is 4.99. The average Bonchev–Trinajstić information content (AvgIpc) is 2.63. The Morgan fingerprint density at radius 2 is 2.40 bits per heavy atom. The second-order valence-corrected chi connectivity index (χ2v) is 3.43. The van der Waals surface area contributed by atoms with Crippen LogP contribution >= 0.6 is 0 Å². The highest BCUT2D eigenvalue weighted by atomic mass is 16.5. The highest BCUT2D eigenvalue weighted by Gasteiger charge is 2.24. The average molecular weight is 210 g/mol. The molecule has 1 saturated heterocycles. The lowest BCUT2D eigenvalue weighted by atomic mass is 10.2. The highest BCUT2D eigenvalue weighted by Crippen LogP contribution is 2.05. The largest absolute Gasteiger partial charge is 0.450 e. The quantitative estimate of drug-likeness (QED) is 0.665. The molecular formula is C11H18N2O2. The first-order valence-corrected chi connectivity index (χ1v) is 5.41. The number of nitrogens with one attached hydrogen (secondary N) is 2. The SMILES string of the molecule is CCC#CC1C[C@H](NC(=O)OCC)CN1. The van der Waals surface area contributed by atoms with Gasteiger partial charge in [-0.15, -0.1) is 5.92 Å². The van der Waals surface area contributed by atoms with E-state index in [4.69, 9.17) is 4.74 Å². The van der Waals surface area contributed by atoms with Crippen molar-refractivity contribution in [3.8, 4) is 11.8 Å². The molecule has 1 unspecified atom stereocenters. The summed E-state index contributed by atoms with van der Waals surface area (Å²) in [5, 5.41) is 6.04. The molecule has 1 aliphatic rings. The molecule has 2 N–H and O–H groups in total. The number of amides is 1. The van der Waals surface area contributed by atoms with Crippen molar-refractivity contribution in [1.82, 2.24) is 10.6 Å². The molecule has 1 amide bonds. The molecule has 0 bridgehead atoms. The molecule has 0 aromatic rings. The first kappa shape index (κ1) is 11.9. The lowest BCUT2D eigenvalue weighted by Crippen LogP contribution is -2.36. The number of hydrogen-bond acceptors (Lipinski definition) is 3. The van der Waals surface area contributed by atoms with Gasteiger partial charge in [-0.1, -0.05) is 12.8 Å². The number of alkyl carbamates (subject to hydrolysis) is 1. The summed E-state index contributed by atoms with van der Waals surface area (Å²) < 4.78 is 4.81. The number of rotatable bonds is 2. The number of hydrogen-bond donors (Lipinski definition) is 2. The van der Waals surface area contributed by atoms with Crippen LogP contribution in [0.4, 0.5) is 4.79 Å². The van der Waals surface area contributed by atoms with Crippen LogP contribution in [0.25, 0.3) is 0 Å². The van der Waals surface area contributed by atoms with E-state index in [9.17, 15) is 4.79 Å². The summed E-state index contributed by atoms with van der Waals surface area (Å²) in [5.41, 5.74) is 0. The lowest BCUT2D eigenvalue weighted by molar-refractivity contribution is 0.148. The summed E-state index contributed by atoms with van der Waals surface area (Å²) in [5.74, 6) is 6.15. The Bertz CT molecular complexity index is 267. The van der Waals surface area contributed by atoms with Crippen molar-refractivity contribution in [3.05, 3.63) is 0 Å². The van der Waals surface area contributed by atoms with Gasteiger partial charge in [-0.05, 0) is 13.3 Å². The topological polar surface area (TPSA) is 50.4 Å². The molecule has 1 rings (SSSR count). The molecular weight excluding hydrogens is 192 g/mol. The Labute approximate surface area is 90.8 Å². The zero-order valence-corrected chi connectivity index (χ0v) is 9.30. The van der Waals surface area contributed by atoms with Gasteiger partial charge in [0.2, 0.25) is 0 Å². The molecule has 2 atom stereocenters. The molecule has 0 saturated carbocycles. The molecule has 0 aliphatic carbocycles. The highest BCUT2D eigenvalue weighted by molar-refractivity contribution is 5.67. The van der Waals surface area contributed by atoms with Gasteiger partial charge in [-0.3, -0.25) is 0 Å². The normalized spacial score (nSPS) is 24.1. The van der Waals surface area contributed by atoms with Gasteiger partial charge in [0.15, 0.2) is 0 Å². The van der Waals surface area contributed by atoms with Crippen LogP contribution in [0.5, 0.6) is 0 Å². The van der Waals surface area contributed by atoms with Gasteiger partial charge in [-0.25, -0.2) is 4.79 Å². The maximum absolute atomic E-state index is 11.1. The number of ether oxygens (including phenoxy) is 1. The second-order valence-electron chi connectivity index (χ2n) is 3.43. The number of carbonyl (C=O) groups excluding carboxylic acids is 1. The fraction of sp³-hybridized carbons (Fsp3) is 0.727. The van der Waals surface area contributed by atoms with Crippen LogP contribution in [-0.4, -0.2) is 31.3 Å². The van der Waals surface area contributed by atoms with E-state index in [1.54, 1.807) is 6.92 Å². The Morgan fingerprint density at radius 3 is 3.07 bits per heavy atom. The molecule has 1 fully saturated rings. The predicted octanol–water partition coefficient (Wildman–Crippen LogP) is 0.876. The minimum absolute atomic E-state index is 0.139. The third kappa shape index (κ3) is 4.22. The van der Waals surface area contributed by atoms with Gasteiger partial charge in [0.25, 0.3) is 0 Å². The van der Waals surface area contributed by atoms with Crippen molar-refractivity contribution >= 4 is 6.09 Å². The fourth-order valence-electron chi connectivity index (χ4n) is 1.52. The third-order valence-electron chi connectivity index (χ3n) is 2.18. The van der Waals surface area contributed by atoms with Crippen LogP contribution in [-0.2, 0) is 4.74 Å². The summed E-state index contributed by atoms with van der Waals surface area (Å²) in [6.07, 6.45) is 1.38. The minimum atomic E-state index is -0.339. The van der Waals surface area contributed by atoms with E-state index < -0.39 is 0 Å². The van der Waals surface area contributed by atoms with E-state index in [1.165, 1.54) is 0 Å². The minimum Gasteiger partial charge on any atom is -0.450 e. The smallest absolute Gasteiger partial charge is 0.407 e. The molecule has 0 radical (unpaired) electrons. The van der Waals surface area contributed by atoms with Crippen LogP contribution in [0, 0.1) is 11.8 Å². The van der Waals surface area contributed by atoms with Crippen molar-refractivity contribution < 1.29 is 9.53 Å². The Morgan fingerprint density at radius 1 is 1.60 bits per heavy atom. The van der Waals surface area contributed by atoms with Crippen molar-refractivity contribution in [3.63, 3.8) is 0 Å². The fourth-order valence-corrected chi connectivity index (χ4v) is 1.52. The van der Waals surface area contributed by atoms with Gasteiger partial charge < -0.3 is 15.4 Å². The maximum Gasteiger partial charge on any atom is 0.407 e. The molecule has 84 valence electrons. The third-order valence-corrected chi connectivity index (χ3v) is 2.18. The number of carbonyl (C=O) groups is 1. The molecule has 4 heteroatoms. The van der Waals surface area contributed by atoms with E-state index in [1.807, 2.05) is 6.92 Å². The summed E-state index contributed by atoms with van der Waals surface area (Å²) in [6, 6.07) is 0.345. The van der Waals surface area contributed by atoms with Crippen molar-refractivity contribution in [2.75, 3.05) is 13.2 Å². The molecule has 4 nitrogen and oxygen atoms in total. The molecule has 0 aromatic carbocycles. The Hall–Kier alpha value is -1.21. The van der Waals surface area contributed by atoms with Crippen molar-refractivity contribution in [1.29, 1.82) is 0 Å². The van der Waals surface area contributed by atoms with E-state index in [2.05, 4.69) is 22.5 Å². The first-order chi connectivity index (χ1) is 7.26. The van der Waals surface area contributed by atoms with E-state index in [-0.39, 0.29) is 18.2 Å². The molecule has 0 spiro atoms. The van der Waals surface area contributed by atoms with Gasteiger partial charge in [-0.2, -0.15) is 0 Å². The summed E-state index contributed by atoms with van der Waals surface area (Å²) in [4.78, 5) is 11.1. The van der Waals surface area contributed by atoms with Crippen molar-refractivity contribution in [2.24, 2.45) is 0 Å². The molecule has 15 heavy (non-hydrogen) atoms. The summed E-state index contributed by atoms with van der Waals surface area (Å²) >= 11 is 0. The van der Waals surface area contributed by atoms with E-state index >= 15 is 0 Å². The van der Waals surface area contributed by atoms with Gasteiger partial charge in [0, 0.05) is 19.0 Å². The van der Waals surface area contributed by atoms with Gasteiger partial charge >= 0.3 is 6.09 Å². The summed E-state index contributed by atoms with van der Waals surface area (Å²) in [7, 11) is 0. The van der Waals surface area contributed by atoms with Crippen LogP contribution in [0.3, 0.4) is 0 Å². The van der Waals surface area contributed by atoms with Crippen LogP contribution in [0.1, 0.15) is 26.7 Å². The molecule has 0 aromatic heterocycles. The van der Waals surface area contributed by atoms with Crippen LogP contribution in [0.15, 0.2) is 0 Å². The lowest BCUT2D eigenvalue weighted by Gasteiger charge is -2.10. The van der Waals surface area contributed by atoms with Crippen molar-refractivity contribution in [2.45, 2.75) is 38.8 Å². The predicted molar refractivity (Wildman–Crippen MR) is 58.4 cm³/mol. The van der Waals surface area contributed by atoms with E-state index in [0.29, 0.717) is 6.61 Å². The summed E-state index contributed by atoms with van der Waals surface area (Å²) in [6.45, 7) is 4.99. The van der Waals surface area contributed by atoms with Crippen LogP contribution in [0.2, 0.25) is 0 Å². The first-order valence-electron chi connectivity index (χ1n) is 5.41. The zero-order chi connectivity index (χ0) is 11.1. The molecule has 1 heterocycles. The van der Waals surface area contributed by atoms with Gasteiger partial charge in [0.05, 0.1) is 12.6 Å². The monoisotopic (exact) mass is 210 g/mol. The van der Waals surface area contributed by atoms with Gasteiger partial charge in [0.1, 0.15) is 0 Å².